The Labute approximate surface area is 302 Å². The highest BCUT2D eigenvalue weighted by Gasteiger charge is 1.99. The van der Waals surface area contributed by atoms with Gasteiger partial charge in [0.2, 0.25) is 0 Å². The van der Waals surface area contributed by atoms with Crippen molar-refractivity contribution in [2.75, 3.05) is 13.2 Å². The maximum absolute atomic E-state index is 5.87. The van der Waals surface area contributed by atoms with E-state index >= 15 is 0 Å². The van der Waals surface area contributed by atoms with Crippen LogP contribution in [0.3, 0.4) is 0 Å². The van der Waals surface area contributed by atoms with Gasteiger partial charge in [-0.25, -0.2) is 0 Å². The molecule has 50 heavy (non-hydrogen) atoms. The number of benzene rings is 4. The zero-order valence-electron chi connectivity index (χ0n) is 30.6. The summed E-state index contributed by atoms with van der Waals surface area (Å²) in [6.45, 7) is 5.50. The molecule has 264 valence electrons. The third-order valence-corrected chi connectivity index (χ3v) is 8.86. The molecule has 0 aromatic heterocycles. The predicted octanol–water partition coefficient (Wildman–Crippen LogP) is 13.0. The van der Waals surface area contributed by atoms with Gasteiger partial charge in [0.25, 0.3) is 0 Å². The first-order valence-electron chi connectivity index (χ1n) is 19.1. The van der Waals surface area contributed by atoms with Gasteiger partial charge in [-0.1, -0.05) is 102 Å². The van der Waals surface area contributed by atoms with Gasteiger partial charge in [-0.05, 0) is 133 Å². The molecule has 4 aromatic rings. The molecule has 0 radical (unpaired) electrons. The van der Waals surface area contributed by atoms with Gasteiger partial charge in [0.05, 0.1) is 11.4 Å². The van der Waals surface area contributed by atoms with Crippen molar-refractivity contribution in [3.05, 3.63) is 131 Å². The number of ether oxygens (including phenoxy) is 2. The van der Waals surface area contributed by atoms with Crippen molar-refractivity contribution in [3.8, 4) is 11.5 Å². The van der Waals surface area contributed by atoms with Crippen LogP contribution in [0.5, 0.6) is 11.5 Å². The van der Waals surface area contributed by atoms with Crippen molar-refractivity contribution in [2.45, 2.75) is 104 Å². The summed E-state index contributed by atoms with van der Waals surface area (Å²) < 4.78 is 11.7. The van der Waals surface area contributed by atoms with Crippen molar-refractivity contribution in [2.24, 2.45) is 9.98 Å². The zero-order valence-corrected chi connectivity index (χ0v) is 30.6. The summed E-state index contributed by atoms with van der Waals surface area (Å²) >= 11 is 0. The van der Waals surface area contributed by atoms with Crippen molar-refractivity contribution >= 4 is 23.8 Å². The molecule has 0 heterocycles. The minimum Gasteiger partial charge on any atom is -0.490 e. The van der Waals surface area contributed by atoms with Crippen LogP contribution in [0, 0.1) is 0 Å². The lowest BCUT2D eigenvalue weighted by Crippen LogP contribution is -1.97. The first-order valence-corrected chi connectivity index (χ1v) is 19.1. The van der Waals surface area contributed by atoms with Crippen LogP contribution in [0.2, 0.25) is 0 Å². The molecule has 0 fully saturated rings. The number of unbranched alkanes of at least 4 members (excludes halogenated alkanes) is 10. The van der Waals surface area contributed by atoms with E-state index in [-0.39, 0.29) is 0 Å². The number of rotatable bonds is 24. The maximum atomic E-state index is 5.87. The van der Waals surface area contributed by atoms with Crippen molar-refractivity contribution < 1.29 is 9.47 Å². The fourth-order valence-corrected chi connectivity index (χ4v) is 5.74. The molecule has 0 aliphatic rings. The van der Waals surface area contributed by atoms with E-state index in [0.29, 0.717) is 13.2 Å². The number of nitrogens with zero attached hydrogens (tertiary/aromatic N) is 2. The summed E-state index contributed by atoms with van der Waals surface area (Å²) in [7, 11) is 0. The van der Waals surface area contributed by atoms with Crippen LogP contribution in [0.15, 0.2) is 119 Å². The molecule has 0 unspecified atom stereocenters. The SMILES string of the molecule is CCCCCCCCc1ccc(N=Cc2ccc(OC/C=C\COc3ccc(C=Nc4ccc(CCCCCCCC)cc4)cc3)cc2)cc1. The van der Waals surface area contributed by atoms with E-state index in [0.717, 1.165) is 46.8 Å². The number of hydrogen-bond donors (Lipinski definition) is 0. The average molecular weight is 671 g/mol. The van der Waals surface area contributed by atoms with E-state index in [1.165, 1.54) is 88.2 Å². The Hall–Kier alpha value is -4.44. The third kappa shape index (κ3) is 15.8. The van der Waals surface area contributed by atoms with Crippen LogP contribution in [0.4, 0.5) is 11.4 Å². The molecule has 0 aliphatic heterocycles. The van der Waals surface area contributed by atoms with Crippen LogP contribution in [0.25, 0.3) is 0 Å². The van der Waals surface area contributed by atoms with E-state index in [1.54, 1.807) is 0 Å². The van der Waals surface area contributed by atoms with Crippen molar-refractivity contribution in [3.63, 3.8) is 0 Å². The number of hydrogen-bond acceptors (Lipinski definition) is 4. The van der Waals surface area contributed by atoms with E-state index in [2.05, 4.69) is 72.4 Å². The Morgan fingerprint density at radius 2 is 0.780 bits per heavy atom. The molecule has 0 saturated heterocycles. The van der Waals surface area contributed by atoms with Crippen LogP contribution >= 0.6 is 0 Å². The Morgan fingerprint density at radius 1 is 0.420 bits per heavy atom. The Kier molecular flexibility index (Phi) is 18.3. The Bertz CT molecular complexity index is 1420. The van der Waals surface area contributed by atoms with E-state index in [9.17, 15) is 0 Å². The standard InChI is InChI=1S/C46H58N2O2/c1-3-5-7-9-11-13-17-39-19-27-43(28-20-39)47-37-41-23-31-45(32-24-41)49-35-15-16-36-50-46-33-25-42(26-34-46)38-48-44-29-21-40(22-30-44)18-14-12-10-8-6-4-2/h15-16,19-34,37-38H,3-14,17-18,35-36H2,1-2H3/b16-15-,47-37?,48-38?. The predicted molar refractivity (Wildman–Crippen MR) is 215 cm³/mol. The number of aryl methyl sites for hydroxylation is 2. The van der Waals surface area contributed by atoms with Gasteiger partial charge in [0.15, 0.2) is 0 Å². The monoisotopic (exact) mass is 670 g/mol. The van der Waals surface area contributed by atoms with Gasteiger partial charge < -0.3 is 9.47 Å². The number of aliphatic imine (C=N–C) groups is 2. The summed E-state index contributed by atoms with van der Waals surface area (Å²) in [6, 6.07) is 33.3. The van der Waals surface area contributed by atoms with Crippen LogP contribution in [0.1, 0.15) is 113 Å². The molecule has 4 aromatic carbocycles. The van der Waals surface area contributed by atoms with E-state index in [1.807, 2.05) is 73.1 Å². The van der Waals surface area contributed by atoms with Gasteiger partial charge in [-0.3, -0.25) is 9.98 Å². The van der Waals surface area contributed by atoms with Crippen LogP contribution in [-0.2, 0) is 12.8 Å². The smallest absolute Gasteiger partial charge is 0.119 e. The fourth-order valence-electron chi connectivity index (χ4n) is 5.74. The van der Waals surface area contributed by atoms with Gasteiger partial charge in [0, 0.05) is 12.4 Å². The molecular weight excluding hydrogens is 613 g/mol. The van der Waals surface area contributed by atoms with Gasteiger partial charge in [-0.15, -0.1) is 0 Å². The highest BCUT2D eigenvalue weighted by molar-refractivity contribution is 5.82. The summed E-state index contributed by atoms with van der Waals surface area (Å²) in [5.74, 6) is 1.65. The molecule has 0 saturated carbocycles. The minimum atomic E-state index is 0.483. The highest BCUT2D eigenvalue weighted by Crippen LogP contribution is 2.19. The van der Waals surface area contributed by atoms with E-state index in [4.69, 9.17) is 9.47 Å². The van der Waals surface area contributed by atoms with Crippen molar-refractivity contribution in [1.82, 2.24) is 0 Å². The quantitative estimate of drug-likeness (QED) is 0.0423. The molecule has 0 spiro atoms. The lowest BCUT2D eigenvalue weighted by molar-refractivity contribution is 0.350. The maximum Gasteiger partial charge on any atom is 0.119 e. The molecule has 0 bridgehead atoms. The molecule has 4 rings (SSSR count). The van der Waals surface area contributed by atoms with Crippen molar-refractivity contribution in [1.29, 1.82) is 0 Å². The summed E-state index contributed by atoms with van der Waals surface area (Å²) in [6.07, 6.45) is 26.0. The summed E-state index contributed by atoms with van der Waals surface area (Å²) in [5, 5.41) is 0. The topological polar surface area (TPSA) is 43.2 Å². The van der Waals surface area contributed by atoms with Gasteiger partial charge in [0.1, 0.15) is 24.7 Å². The van der Waals surface area contributed by atoms with Gasteiger partial charge in [-0.2, -0.15) is 0 Å². The summed E-state index contributed by atoms with van der Waals surface area (Å²) in [4.78, 5) is 9.29. The van der Waals surface area contributed by atoms with Gasteiger partial charge >= 0.3 is 0 Å². The second-order valence-electron chi connectivity index (χ2n) is 13.1. The molecule has 4 heteroatoms. The summed E-state index contributed by atoms with van der Waals surface area (Å²) in [5.41, 5.74) is 6.83. The van der Waals surface area contributed by atoms with Crippen LogP contribution in [-0.4, -0.2) is 25.6 Å². The molecule has 4 nitrogen and oxygen atoms in total. The Balaban J connectivity index is 1.08. The average Bonchev–Trinajstić information content (AvgIpc) is 3.16. The first-order chi connectivity index (χ1) is 24.7. The normalized spacial score (nSPS) is 11.6. The first kappa shape index (κ1) is 38.4. The molecule has 0 aliphatic carbocycles. The second kappa shape index (κ2) is 23.8. The fraction of sp³-hybridized carbons (Fsp3) is 0.391. The second-order valence-corrected chi connectivity index (χ2v) is 13.1. The Morgan fingerprint density at radius 3 is 1.16 bits per heavy atom. The zero-order chi connectivity index (χ0) is 34.9. The van der Waals surface area contributed by atoms with E-state index < -0.39 is 0 Å². The molecule has 0 atom stereocenters. The third-order valence-electron chi connectivity index (χ3n) is 8.86. The lowest BCUT2D eigenvalue weighted by Gasteiger charge is -2.05. The molecule has 0 amide bonds. The molecule has 0 N–H and O–H groups in total. The largest absolute Gasteiger partial charge is 0.490 e. The van der Waals surface area contributed by atoms with Crippen LogP contribution < -0.4 is 9.47 Å². The lowest BCUT2D eigenvalue weighted by atomic mass is 10.0. The minimum absolute atomic E-state index is 0.483. The molecular formula is C46H58N2O2. The highest BCUT2D eigenvalue weighted by atomic mass is 16.5.